The van der Waals surface area contributed by atoms with Crippen LogP contribution in [0, 0.1) is 0 Å². The van der Waals surface area contributed by atoms with Crippen LogP contribution in [0.4, 0.5) is 5.69 Å². The minimum atomic E-state index is -0.163. The van der Waals surface area contributed by atoms with Gasteiger partial charge in [-0.2, -0.15) is 0 Å². The number of rotatable bonds is 5. The van der Waals surface area contributed by atoms with E-state index in [0.29, 0.717) is 5.92 Å². The molecule has 0 saturated carbocycles. The molecule has 0 aromatic heterocycles. The molecule has 3 heteroatoms. The number of carbonyl (C=O) groups excluding carboxylic acids is 1. The molecule has 0 heterocycles. The highest BCUT2D eigenvalue weighted by Crippen LogP contribution is 2.26. The van der Waals surface area contributed by atoms with Crippen molar-refractivity contribution in [2.45, 2.75) is 26.2 Å². The van der Waals surface area contributed by atoms with Gasteiger partial charge in [-0.05, 0) is 47.7 Å². The smallest absolute Gasteiger partial charge is 0.248 e. The van der Waals surface area contributed by atoms with E-state index in [1.54, 1.807) is 30.3 Å². The predicted molar refractivity (Wildman–Crippen MR) is 90.9 cm³/mol. The zero-order valence-corrected chi connectivity index (χ0v) is 12.9. The molecule has 2 aromatic carbocycles. The number of phenolic OH excluding ortho intramolecular Hbond substituents is 1. The van der Waals surface area contributed by atoms with Crippen LogP contribution in [0.5, 0.6) is 5.75 Å². The molecule has 0 aliphatic carbocycles. The summed E-state index contributed by atoms with van der Waals surface area (Å²) >= 11 is 0. The molecule has 0 aliphatic rings. The topological polar surface area (TPSA) is 49.3 Å². The van der Waals surface area contributed by atoms with E-state index in [2.05, 4.69) is 19.2 Å². The maximum absolute atomic E-state index is 12.1. The summed E-state index contributed by atoms with van der Waals surface area (Å²) in [7, 11) is 0. The molecule has 0 radical (unpaired) electrons. The third kappa shape index (κ3) is 4.22. The normalized spacial score (nSPS) is 12.3. The molecule has 0 fully saturated rings. The Labute approximate surface area is 131 Å². The number of amides is 1. The van der Waals surface area contributed by atoms with Crippen molar-refractivity contribution in [2.75, 3.05) is 5.32 Å². The molecule has 2 aromatic rings. The Morgan fingerprint density at radius 3 is 2.55 bits per heavy atom. The van der Waals surface area contributed by atoms with Crippen molar-refractivity contribution in [1.29, 1.82) is 0 Å². The molecule has 0 aliphatic heterocycles. The number of carbonyl (C=O) groups is 1. The maximum atomic E-state index is 12.1. The first-order valence-electron chi connectivity index (χ1n) is 7.47. The fraction of sp³-hybridized carbons (Fsp3) is 0.211. The van der Waals surface area contributed by atoms with E-state index in [-0.39, 0.29) is 11.7 Å². The molecule has 1 unspecified atom stereocenters. The Bertz CT molecular complexity index is 659. The van der Waals surface area contributed by atoms with Crippen LogP contribution in [-0.2, 0) is 4.79 Å². The molecule has 1 amide bonds. The molecule has 0 saturated heterocycles. The van der Waals surface area contributed by atoms with Crippen LogP contribution in [0.2, 0.25) is 0 Å². The third-order valence-electron chi connectivity index (χ3n) is 3.68. The first kappa shape index (κ1) is 15.8. The van der Waals surface area contributed by atoms with Gasteiger partial charge in [-0.15, -0.1) is 0 Å². The van der Waals surface area contributed by atoms with E-state index < -0.39 is 0 Å². The van der Waals surface area contributed by atoms with Gasteiger partial charge in [0, 0.05) is 11.8 Å². The van der Waals surface area contributed by atoms with Crippen molar-refractivity contribution >= 4 is 17.7 Å². The Balaban J connectivity index is 2.08. The third-order valence-corrected chi connectivity index (χ3v) is 3.68. The van der Waals surface area contributed by atoms with Crippen molar-refractivity contribution in [1.82, 2.24) is 0 Å². The summed E-state index contributed by atoms with van der Waals surface area (Å²) < 4.78 is 0. The second-order valence-electron chi connectivity index (χ2n) is 5.31. The van der Waals surface area contributed by atoms with Crippen LogP contribution in [0.3, 0.4) is 0 Å². The SMILES string of the molecule is CCC(C)c1ccccc1NC(=O)/C=C/c1ccc(O)cc1. The number of hydrogen-bond donors (Lipinski definition) is 2. The zero-order valence-electron chi connectivity index (χ0n) is 12.9. The Hall–Kier alpha value is -2.55. The lowest BCUT2D eigenvalue weighted by molar-refractivity contribution is -0.111. The number of aromatic hydroxyl groups is 1. The molecule has 1 atom stereocenters. The predicted octanol–water partition coefficient (Wildman–Crippen LogP) is 4.56. The zero-order chi connectivity index (χ0) is 15.9. The van der Waals surface area contributed by atoms with Gasteiger partial charge in [0.2, 0.25) is 5.91 Å². The number of benzene rings is 2. The van der Waals surface area contributed by atoms with E-state index in [1.165, 1.54) is 6.08 Å². The van der Waals surface area contributed by atoms with Gasteiger partial charge in [-0.25, -0.2) is 0 Å². The van der Waals surface area contributed by atoms with Crippen LogP contribution >= 0.6 is 0 Å². The summed E-state index contributed by atoms with van der Waals surface area (Å²) in [6.45, 7) is 4.28. The van der Waals surface area contributed by atoms with Gasteiger partial charge in [0.25, 0.3) is 0 Å². The first-order valence-corrected chi connectivity index (χ1v) is 7.47. The van der Waals surface area contributed by atoms with E-state index >= 15 is 0 Å². The summed E-state index contributed by atoms with van der Waals surface area (Å²) in [4.78, 5) is 12.1. The van der Waals surface area contributed by atoms with Gasteiger partial charge >= 0.3 is 0 Å². The Kier molecular flexibility index (Phi) is 5.37. The minimum Gasteiger partial charge on any atom is -0.508 e. The number of para-hydroxylation sites is 1. The summed E-state index contributed by atoms with van der Waals surface area (Å²) in [6, 6.07) is 14.6. The van der Waals surface area contributed by atoms with Gasteiger partial charge in [-0.1, -0.05) is 44.2 Å². The number of phenols is 1. The standard InChI is InChI=1S/C19H21NO2/c1-3-14(2)17-6-4-5-7-18(17)20-19(22)13-10-15-8-11-16(21)12-9-15/h4-14,21H,3H2,1-2H3,(H,20,22)/b13-10+. The van der Waals surface area contributed by atoms with E-state index in [0.717, 1.165) is 23.2 Å². The molecular formula is C19H21NO2. The van der Waals surface area contributed by atoms with Crippen molar-refractivity contribution in [3.63, 3.8) is 0 Å². The Morgan fingerprint density at radius 2 is 1.86 bits per heavy atom. The molecular weight excluding hydrogens is 274 g/mol. The van der Waals surface area contributed by atoms with Crippen molar-refractivity contribution in [3.8, 4) is 5.75 Å². The summed E-state index contributed by atoms with van der Waals surface area (Å²) in [6.07, 6.45) is 4.25. The first-order chi connectivity index (χ1) is 10.6. The molecule has 22 heavy (non-hydrogen) atoms. The Morgan fingerprint density at radius 1 is 1.18 bits per heavy atom. The largest absolute Gasteiger partial charge is 0.508 e. The fourth-order valence-electron chi connectivity index (χ4n) is 2.19. The second-order valence-corrected chi connectivity index (χ2v) is 5.31. The van der Waals surface area contributed by atoms with Gasteiger partial charge in [0.1, 0.15) is 5.75 Å². The molecule has 0 bridgehead atoms. The van der Waals surface area contributed by atoms with Gasteiger partial charge in [0.05, 0.1) is 0 Å². The average Bonchev–Trinajstić information content (AvgIpc) is 2.54. The molecule has 2 N–H and O–H groups in total. The van der Waals surface area contributed by atoms with E-state index in [1.807, 2.05) is 24.3 Å². The van der Waals surface area contributed by atoms with E-state index in [9.17, 15) is 9.90 Å². The second kappa shape index (κ2) is 7.46. The number of anilines is 1. The highest BCUT2D eigenvalue weighted by molar-refractivity contribution is 6.02. The van der Waals surface area contributed by atoms with Crippen LogP contribution in [0.15, 0.2) is 54.6 Å². The quantitative estimate of drug-likeness (QED) is 0.795. The maximum Gasteiger partial charge on any atom is 0.248 e. The molecule has 3 nitrogen and oxygen atoms in total. The lowest BCUT2D eigenvalue weighted by Gasteiger charge is -2.14. The van der Waals surface area contributed by atoms with Crippen LogP contribution < -0.4 is 5.32 Å². The van der Waals surface area contributed by atoms with Gasteiger partial charge in [-0.3, -0.25) is 4.79 Å². The lowest BCUT2D eigenvalue weighted by atomic mass is 9.97. The van der Waals surface area contributed by atoms with E-state index in [4.69, 9.17) is 0 Å². The lowest BCUT2D eigenvalue weighted by Crippen LogP contribution is -2.10. The molecule has 2 rings (SSSR count). The monoisotopic (exact) mass is 295 g/mol. The van der Waals surface area contributed by atoms with Gasteiger partial charge < -0.3 is 10.4 Å². The molecule has 114 valence electrons. The van der Waals surface area contributed by atoms with Crippen molar-refractivity contribution < 1.29 is 9.90 Å². The highest BCUT2D eigenvalue weighted by Gasteiger charge is 2.09. The summed E-state index contributed by atoms with van der Waals surface area (Å²) in [5.41, 5.74) is 2.87. The van der Waals surface area contributed by atoms with Crippen LogP contribution in [0.25, 0.3) is 6.08 Å². The van der Waals surface area contributed by atoms with Crippen LogP contribution in [0.1, 0.15) is 37.3 Å². The van der Waals surface area contributed by atoms with Crippen LogP contribution in [-0.4, -0.2) is 11.0 Å². The summed E-state index contributed by atoms with van der Waals surface area (Å²) in [5.74, 6) is 0.450. The van der Waals surface area contributed by atoms with Crippen molar-refractivity contribution in [3.05, 3.63) is 65.7 Å². The fourth-order valence-corrected chi connectivity index (χ4v) is 2.19. The molecule has 0 spiro atoms. The van der Waals surface area contributed by atoms with Crippen molar-refractivity contribution in [2.24, 2.45) is 0 Å². The van der Waals surface area contributed by atoms with Gasteiger partial charge in [0.15, 0.2) is 0 Å². The summed E-state index contributed by atoms with van der Waals surface area (Å²) in [5, 5.41) is 12.2. The highest BCUT2D eigenvalue weighted by atomic mass is 16.3. The average molecular weight is 295 g/mol. The number of hydrogen-bond acceptors (Lipinski definition) is 2. The minimum absolute atomic E-state index is 0.163. The number of nitrogens with one attached hydrogen (secondary N) is 1.